The molecule has 0 aliphatic rings. The summed E-state index contributed by atoms with van der Waals surface area (Å²) in [6, 6.07) is 7.13. The minimum absolute atomic E-state index is 0.0373. The molecule has 0 aromatic heterocycles. The number of rotatable bonds is 5. The second-order valence-electron chi connectivity index (χ2n) is 3.07. The second kappa shape index (κ2) is 5.27. The Bertz CT molecular complexity index is 277. The van der Waals surface area contributed by atoms with Gasteiger partial charge in [0.25, 0.3) is 0 Å². The van der Waals surface area contributed by atoms with E-state index in [1.54, 1.807) is 30.6 Å². The topological polar surface area (TPSA) is 35.5 Å². The van der Waals surface area contributed by atoms with E-state index in [-0.39, 0.29) is 12.7 Å². The maximum absolute atomic E-state index is 9.92. The van der Waals surface area contributed by atoms with Crippen LogP contribution in [-0.4, -0.2) is 19.0 Å². The Balaban J connectivity index is 2.54. The molecule has 0 atom stereocenters. The quantitative estimate of drug-likeness (QED) is 0.717. The van der Waals surface area contributed by atoms with Gasteiger partial charge in [-0.15, -0.1) is 0 Å². The lowest BCUT2D eigenvalue weighted by atomic mass is 10.3. The van der Waals surface area contributed by atoms with E-state index < -0.39 is 0 Å². The fraction of sp³-hybridized carbons (Fsp3) is 0.364. The number of hydrogen-bond donors (Lipinski definition) is 0. The first-order valence-electron chi connectivity index (χ1n) is 4.47. The molecule has 0 spiro atoms. The highest BCUT2D eigenvalue weighted by Crippen LogP contribution is 2.18. The molecule has 3 heteroatoms. The zero-order valence-electron chi connectivity index (χ0n) is 8.32. The molecule has 0 heterocycles. The fourth-order valence-corrected chi connectivity index (χ4v) is 0.999. The van der Waals surface area contributed by atoms with Gasteiger partial charge in [-0.25, -0.2) is 0 Å². The van der Waals surface area contributed by atoms with Gasteiger partial charge in [-0.05, 0) is 38.1 Å². The molecule has 1 rings (SSSR count). The zero-order chi connectivity index (χ0) is 10.4. The van der Waals surface area contributed by atoms with Gasteiger partial charge >= 0.3 is 0 Å². The molecule has 1 aromatic carbocycles. The number of benzene rings is 1. The summed E-state index contributed by atoms with van der Waals surface area (Å²) in [7, 11) is 0. The van der Waals surface area contributed by atoms with E-state index in [0.717, 1.165) is 5.75 Å². The molecule has 0 aliphatic heterocycles. The van der Waals surface area contributed by atoms with Crippen LogP contribution in [0, 0.1) is 0 Å². The third-order valence-electron chi connectivity index (χ3n) is 1.49. The van der Waals surface area contributed by atoms with E-state index in [9.17, 15) is 4.79 Å². The van der Waals surface area contributed by atoms with Crippen LogP contribution in [0.4, 0.5) is 0 Å². The summed E-state index contributed by atoms with van der Waals surface area (Å²) in [4.78, 5) is 9.92. The number of hydrogen-bond acceptors (Lipinski definition) is 3. The van der Waals surface area contributed by atoms with Gasteiger partial charge < -0.3 is 9.47 Å². The summed E-state index contributed by atoms with van der Waals surface area (Å²) in [5.74, 6) is 1.44. The van der Waals surface area contributed by atoms with Crippen molar-refractivity contribution in [3.05, 3.63) is 24.3 Å². The smallest absolute Gasteiger partial charge is 0.239 e. The van der Waals surface area contributed by atoms with Gasteiger partial charge in [0.05, 0.1) is 6.10 Å². The van der Waals surface area contributed by atoms with Crippen molar-refractivity contribution < 1.29 is 14.3 Å². The van der Waals surface area contributed by atoms with Crippen LogP contribution in [0.2, 0.25) is 0 Å². The average Bonchev–Trinajstić information content (AvgIpc) is 2.16. The molecule has 0 saturated carbocycles. The van der Waals surface area contributed by atoms with Crippen molar-refractivity contribution in [2.45, 2.75) is 20.0 Å². The number of ether oxygens (including phenoxy) is 2. The van der Waals surface area contributed by atoms with Crippen molar-refractivity contribution in [3.63, 3.8) is 0 Å². The molecule has 0 fully saturated rings. The zero-order valence-corrected chi connectivity index (χ0v) is 8.32. The van der Waals surface area contributed by atoms with Crippen LogP contribution in [0.5, 0.6) is 11.5 Å². The highest BCUT2D eigenvalue weighted by atomic mass is 16.5. The van der Waals surface area contributed by atoms with Gasteiger partial charge in [0.1, 0.15) is 11.5 Å². The molecule has 14 heavy (non-hydrogen) atoms. The minimum atomic E-state index is -0.0373. The maximum Gasteiger partial charge on any atom is 0.239 e. The molecule has 0 aliphatic carbocycles. The van der Waals surface area contributed by atoms with Crippen LogP contribution in [-0.2, 0) is 4.79 Å². The minimum Gasteiger partial charge on any atom is -0.491 e. The summed E-state index contributed by atoms with van der Waals surface area (Å²) < 4.78 is 10.5. The molecule has 1 aromatic rings. The van der Waals surface area contributed by atoms with E-state index in [1.165, 1.54) is 0 Å². The van der Waals surface area contributed by atoms with E-state index in [2.05, 4.69) is 0 Å². The van der Waals surface area contributed by atoms with Gasteiger partial charge in [-0.2, -0.15) is 0 Å². The molecule has 75 valence electrons. The highest BCUT2D eigenvalue weighted by molar-refractivity contribution is 5.52. The molecular weight excluding hydrogens is 180 g/mol. The Morgan fingerprint density at radius 1 is 1.21 bits per heavy atom. The lowest BCUT2D eigenvalue weighted by molar-refractivity contribution is 0.242. The van der Waals surface area contributed by atoms with Gasteiger partial charge in [0.2, 0.25) is 6.29 Å². The molecule has 0 bridgehead atoms. The molecule has 0 amide bonds. The number of carbonyl (C=O) groups excluding carboxylic acids is 1. The van der Waals surface area contributed by atoms with Crippen molar-refractivity contribution in [3.8, 4) is 11.5 Å². The Morgan fingerprint density at radius 2 is 1.79 bits per heavy atom. The van der Waals surface area contributed by atoms with Gasteiger partial charge in [0.15, 0.2) is 6.61 Å². The molecule has 3 nitrogen and oxygen atoms in total. The first kappa shape index (κ1) is 10.6. The largest absolute Gasteiger partial charge is 0.491 e. The first-order valence-corrected chi connectivity index (χ1v) is 4.47. The van der Waals surface area contributed by atoms with Gasteiger partial charge in [0, 0.05) is 0 Å². The van der Waals surface area contributed by atoms with Crippen LogP contribution in [0.1, 0.15) is 13.8 Å². The molecule has 0 unspecified atom stereocenters. The molecule has 0 saturated heterocycles. The van der Waals surface area contributed by atoms with Gasteiger partial charge in [-0.3, -0.25) is 4.79 Å². The Morgan fingerprint density at radius 3 is 2.29 bits per heavy atom. The van der Waals surface area contributed by atoms with Crippen LogP contribution in [0.3, 0.4) is 0 Å². The molecule has 0 N–H and O–H groups in total. The van der Waals surface area contributed by atoms with Crippen molar-refractivity contribution in [2.75, 3.05) is 6.61 Å². The van der Waals surface area contributed by atoms with E-state index in [1.807, 2.05) is 13.8 Å². The lowest BCUT2D eigenvalue weighted by Crippen LogP contribution is -2.05. The summed E-state index contributed by atoms with van der Waals surface area (Å²) in [5, 5.41) is 0. The third kappa shape index (κ3) is 3.47. The van der Waals surface area contributed by atoms with Crippen LogP contribution in [0.25, 0.3) is 0 Å². The maximum atomic E-state index is 9.92. The first-order chi connectivity index (χ1) is 6.72. The van der Waals surface area contributed by atoms with Crippen molar-refractivity contribution in [1.29, 1.82) is 0 Å². The Labute approximate surface area is 83.6 Å². The van der Waals surface area contributed by atoms with Crippen molar-refractivity contribution >= 4 is 6.29 Å². The van der Waals surface area contributed by atoms with Crippen LogP contribution >= 0.6 is 0 Å². The third-order valence-corrected chi connectivity index (χ3v) is 1.49. The van der Waals surface area contributed by atoms with Crippen LogP contribution in [0.15, 0.2) is 24.3 Å². The Kier molecular flexibility index (Phi) is 3.98. The lowest BCUT2D eigenvalue weighted by Gasteiger charge is -2.09. The average molecular weight is 193 g/mol. The summed E-state index contributed by atoms with van der Waals surface area (Å²) >= 11 is 0. The normalized spacial score (nSPS) is 9.93. The highest BCUT2D eigenvalue weighted by Gasteiger charge is 1.98. The molecule has 1 radical (unpaired) electrons. The summed E-state index contributed by atoms with van der Waals surface area (Å²) in [6.07, 6.45) is 1.82. The summed E-state index contributed by atoms with van der Waals surface area (Å²) in [6.45, 7) is 3.89. The predicted octanol–water partition coefficient (Wildman–Crippen LogP) is 1.96. The van der Waals surface area contributed by atoms with Gasteiger partial charge in [-0.1, -0.05) is 0 Å². The standard InChI is InChI=1S/C11H13O3/c1-9(2)14-11-5-3-10(4-6-11)13-8-7-12/h3-6,9H,8H2,1-2H3. The van der Waals surface area contributed by atoms with E-state index in [4.69, 9.17) is 9.47 Å². The summed E-state index contributed by atoms with van der Waals surface area (Å²) in [5.41, 5.74) is 0. The molecular formula is C11H13O3. The SMILES string of the molecule is CC(C)Oc1ccc(OC[C]=O)cc1. The van der Waals surface area contributed by atoms with Crippen LogP contribution < -0.4 is 9.47 Å². The Hall–Kier alpha value is -1.51. The van der Waals surface area contributed by atoms with Crippen molar-refractivity contribution in [2.24, 2.45) is 0 Å². The van der Waals surface area contributed by atoms with E-state index in [0.29, 0.717) is 5.75 Å². The fourth-order valence-electron chi connectivity index (χ4n) is 0.999. The van der Waals surface area contributed by atoms with E-state index >= 15 is 0 Å². The second-order valence-corrected chi connectivity index (χ2v) is 3.07. The monoisotopic (exact) mass is 193 g/mol. The predicted molar refractivity (Wildman–Crippen MR) is 53.4 cm³/mol. The van der Waals surface area contributed by atoms with Crippen molar-refractivity contribution in [1.82, 2.24) is 0 Å².